The van der Waals surface area contributed by atoms with Crippen LogP contribution < -0.4 is 4.72 Å². The van der Waals surface area contributed by atoms with Crippen LogP contribution in [-0.4, -0.2) is 20.4 Å². The van der Waals surface area contributed by atoms with Gasteiger partial charge in [0.2, 0.25) is 0 Å². The van der Waals surface area contributed by atoms with E-state index in [1.54, 1.807) is 0 Å². The van der Waals surface area contributed by atoms with E-state index < -0.39 is 11.0 Å². The Morgan fingerprint density at radius 3 is 2.41 bits per heavy atom. The van der Waals surface area contributed by atoms with Crippen molar-refractivity contribution in [3.05, 3.63) is 66.2 Å². The summed E-state index contributed by atoms with van der Waals surface area (Å²) in [5.74, 6) is 1.63. The molecule has 4 rings (SSSR count). The Labute approximate surface area is 160 Å². The van der Waals surface area contributed by atoms with Gasteiger partial charge in [-0.1, -0.05) is 48.9 Å². The molecule has 0 saturated carbocycles. The number of aromatic nitrogens is 2. The number of allylic oxidation sites excluding steroid dienone is 2. The molecule has 0 radical (unpaired) electrons. The van der Waals surface area contributed by atoms with Crippen molar-refractivity contribution in [2.45, 2.75) is 18.7 Å². The van der Waals surface area contributed by atoms with Gasteiger partial charge in [0.25, 0.3) is 0 Å². The van der Waals surface area contributed by atoms with Crippen LogP contribution in [0.1, 0.15) is 12.5 Å². The van der Waals surface area contributed by atoms with Gasteiger partial charge < -0.3 is 0 Å². The molecule has 1 aliphatic rings. The molecule has 1 aliphatic carbocycles. The van der Waals surface area contributed by atoms with E-state index in [1.165, 1.54) is 0 Å². The van der Waals surface area contributed by atoms with Gasteiger partial charge in [-0.15, -0.1) is 0 Å². The van der Waals surface area contributed by atoms with E-state index in [9.17, 15) is 4.21 Å². The van der Waals surface area contributed by atoms with Crippen LogP contribution >= 0.6 is 0 Å². The highest BCUT2D eigenvalue weighted by Gasteiger charge is 2.18. The second-order valence-corrected chi connectivity index (χ2v) is 7.88. The van der Waals surface area contributed by atoms with Crippen molar-refractivity contribution < 1.29 is 4.21 Å². The van der Waals surface area contributed by atoms with E-state index in [2.05, 4.69) is 38.8 Å². The molecule has 6 heteroatoms. The number of rotatable bonds is 6. The Morgan fingerprint density at radius 1 is 1.07 bits per heavy atom. The molecule has 0 saturated heterocycles. The lowest BCUT2D eigenvalue weighted by Gasteiger charge is -2.10. The van der Waals surface area contributed by atoms with Crippen LogP contribution in [0.3, 0.4) is 0 Å². The molecule has 3 aromatic rings. The molecule has 136 valence electrons. The molecule has 0 fully saturated rings. The van der Waals surface area contributed by atoms with Crippen molar-refractivity contribution in [1.29, 1.82) is 0 Å². The van der Waals surface area contributed by atoms with Crippen LogP contribution in [0, 0.1) is 18.8 Å². The van der Waals surface area contributed by atoms with Crippen molar-refractivity contribution in [2.24, 2.45) is 16.8 Å². The molecule has 0 spiro atoms. The minimum absolute atomic E-state index is 0.300. The molecule has 0 bridgehead atoms. The Balaban J connectivity index is 1.67. The first-order valence-corrected chi connectivity index (χ1v) is 9.99. The van der Waals surface area contributed by atoms with Gasteiger partial charge in [0.15, 0.2) is 22.6 Å². The summed E-state index contributed by atoms with van der Waals surface area (Å²) >= 11 is 0. The second-order valence-electron chi connectivity index (χ2n) is 6.67. The highest BCUT2D eigenvalue weighted by atomic mass is 32.2. The van der Waals surface area contributed by atoms with E-state index in [0.717, 1.165) is 16.6 Å². The maximum Gasteiger partial charge on any atom is 0.196 e. The third kappa shape index (κ3) is 4.11. The first-order chi connectivity index (χ1) is 13.1. The molecular weight excluding hydrogens is 356 g/mol. The SMILES string of the molecule is Cc1ccc(S(=O)Nc2nc3ccccc3nc2N=CC(C)C2C=C2)cc1. The number of aliphatic imine (C=N–C) groups is 1. The molecule has 0 amide bonds. The molecule has 27 heavy (non-hydrogen) atoms. The van der Waals surface area contributed by atoms with E-state index >= 15 is 0 Å². The smallest absolute Gasteiger partial charge is 0.196 e. The lowest BCUT2D eigenvalue weighted by atomic mass is 10.1. The fourth-order valence-corrected chi connectivity index (χ4v) is 3.47. The van der Waals surface area contributed by atoms with Gasteiger partial charge in [0, 0.05) is 18.1 Å². The average Bonchev–Trinajstić information content (AvgIpc) is 3.52. The zero-order chi connectivity index (χ0) is 18.8. The van der Waals surface area contributed by atoms with Crippen molar-refractivity contribution in [1.82, 2.24) is 9.97 Å². The molecular formula is C21H20N4OS. The van der Waals surface area contributed by atoms with Crippen molar-refractivity contribution >= 4 is 39.9 Å². The topological polar surface area (TPSA) is 67.2 Å². The van der Waals surface area contributed by atoms with E-state index in [-0.39, 0.29) is 0 Å². The predicted octanol–water partition coefficient (Wildman–Crippen LogP) is 4.60. The predicted molar refractivity (Wildman–Crippen MR) is 111 cm³/mol. The molecule has 5 nitrogen and oxygen atoms in total. The number of hydrogen-bond donors (Lipinski definition) is 1. The van der Waals surface area contributed by atoms with Gasteiger partial charge in [-0.3, -0.25) is 4.72 Å². The normalized spacial score (nSPS) is 15.9. The number of benzene rings is 2. The van der Waals surface area contributed by atoms with Gasteiger partial charge in [0.05, 0.1) is 15.9 Å². The van der Waals surface area contributed by atoms with Crippen molar-refractivity contribution in [2.75, 3.05) is 4.72 Å². The Morgan fingerprint density at radius 2 is 1.74 bits per heavy atom. The maximum absolute atomic E-state index is 12.7. The molecule has 1 heterocycles. The van der Waals surface area contributed by atoms with Crippen molar-refractivity contribution in [3.63, 3.8) is 0 Å². The summed E-state index contributed by atoms with van der Waals surface area (Å²) in [5.41, 5.74) is 2.61. The van der Waals surface area contributed by atoms with E-state index in [4.69, 9.17) is 0 Å². The number of nitrogens with zero attached hydrogens (tertiary/aromatic N) is 3. The molecule has 2 atom stereocenters. The standard InChI is InChI=1S/C21H20N4OS/c1-14-7-11-17(12-8-14)27(26)25-21-20(22-13-15(2)16-9-10-16)23-18-5-3-4-6-19(18)24-21/h3-13,15-16H,1-2H3,(H,24,25). The quantitative estimate of drug-likeness (QED) is 0.505. The lowest BCUT2D eigenvalue weighted by molar-refractivity contribution is 0.686. The summed E-state index contributed by atoms with van der Waals surface area (Å²) in [6.45, 7) is 4.11. The summed E-state index contributed by atoms with van der Waals surface area (Å²) in [7, 11) is -1.45. The molecule has 0 aliphatic heterocycles. The average molecular weight is 376 g/mol. The maximum atomic E-state index is 12.7. The number of anilines is 1. The highest BCUT2D eigenvalue weighted by Crippen LogP contribution is 2.28. The monoisotopic (exact) mass is 376 g/mol. The van der Waals surface area contributed by atoms with Crippen LogP contribution in [0.2, 0.25) is 0 Å². The first-order valence-electron chi connectivity index (χ1n) is 8.84. The number of fused-ring (bicyclic) bond motifs is 1. The van der Waals surface area contributed by atoms with E-state index in [1.807, 2.05) is 61.7 Å². The summed E-state index contributed by atoms with van der Waals surface area (Å²) in [5, 5.41) is 0. The summed E-state index contributed by atoms with van der Waals surface area (Å²) in [6, 6.07) is 15.2. The number of hydrogen-bond acceptors (Lipinski definition) is 4. The van der Waals surface area contributed by atoms with Crippen molar-refractivity contribution in [3.8, 4) is 0 Å². The second kappa shape index (κ2) is 7.40. The summed E-state index contributed by atoms with van der Waals surface area (Å²) in [4.78, 5) is 14.4. The van der Waals surface area contributed by atoms with Crippen LogP contribution in [-0.2, 0) is 11.0 Å². The third-order valence-electron chi connectivity index (χ3n) is 4.43. The van der Waals surface area contributed by atoms with Gasteiger partial charge >= 0.3 is 0 Å². The third-order valence-corrected chi connectivity index (χ3v) is 5.51. The fraction of sp³-hybridized carbons (Fsp3) is 0.190. The van der Waals surface area contributed by atoms with Crippen LogP contribution in [0.4, 0.5) is 11.6 Å². The molecule has 1 aromatic heterocycles. The van der Waals surface area contributed by atoms with Gasteiger partial charge in [-0.2, -0.15) is 0 Å². The molecule has 2 unspecified atom stereocenters. The molecule has 1 N–H and O–H groups in total. The minimum Gasteiger partial charge on any atom is -0.282 e. The number of para-hydroxylation sites is 2. The van der Waals surface area contributed by atoms with Gasteiger partial charge in [-0.05, 0) is 31.2 Å². The minimum atomic E-state index is -1.45. The van der Waals surface area contributed by atoms with Crippen LogP contribution in [0.15, 0.2) is 70.6 Å². The van der Waals surface area contributed by atoms with Crippen LogP contribution in [0.25, 0.3) is 11.0 Å². The lowest BCUT2D eigenvalue weighted by Crippen LogP contribution is -2.08. The van der Waals surface area contributed by atoms with Gasteiger partial charge in [0.1, 0.15) is 0 Å². The summed E-state index contributed by atoms with van der Waals surface area (Å²) in [6.07, 6.45) is 6.17. The van der Waals surface area contributed by atoms with E-state index in [0.29, 0.717) is 28.4 Å². The van der Waals surface area contributed by atoms with Crippen LogP contribution in [0.5, 0.6) is 0 Å². The fourth-order valence-electron chi connectivity index (χ4n) is 2.66. The largest absolute Gasteiger partial charge is 0.282 e. The number of aryl methyl sites for hydroxylation is 1. The number of nitrogens with one attached hydrogen (secondary N) is 1. The first kappa shape index (κ1) is 17.5. The summed E-state index contributed by atoms with van der Waals surface area (Å²) < 4.78 is 15.7. The van der Waals surface area contributed by atoms with Gasteiger partial charge in [-0.25, -0.2) is 19.2 Å². The Bertz CT molecular complexity index is 1050. The molecule has 2 aromatic carbocycles. The highest BCUT2D eigenvalue weighted by molar-refractivity contribution is 7.86. The Kier molecular flexibility index (Phi) is 4.81. The Hall–Kier alpha value is -2.86. The zero-order valence-electron chi connectivity index (χ0n) is 15.2. The zero-order valence-corrected chi connectivity index (χ0v) is 16.0.